The van der Waals surface area contributed by atoms with Gasteiger partial charge in [-0.2, -0.15) is 0 Å². The van der Waals surface area contributed by atoms with Crippen LogP contribution in [0.3, 0.4) is 0 Å². The molecule has 0 amide bonds. The van der Waals surface area contributed by atoms with Gasteiger partial charge in [0, 0.05) is 6.04 Å². The summed E-state index contributed by atoms with van der Waals surface area (Å²) < 4.78 is 5.11. The highest BCUT2D eigenvalue weighted by molar-refractivity contribution is 5.27. The van der Waals surface area contributed by atoms with E-state index < -0.39 is 0 Å². The third-order valence-corrected chi connectivity index (χ3v) is 2.73. The Morgan fingerprint density at radius 3 is 2.13 bits per heavy atom. The molecule has 0 aliphatic heterocycles. The van der Waals surface area contributed by atoms with E-state index in [2.05, 4.69) is 32.9 Å². The summed E-state index contributed by atoms with van der Waals surface area (Å²) >= 11 is 0. The van der Waals surface area contributed by atoms with Gasteiger partial charge in [-0.3, -0.25) is 0 Å². The molecule has 1 atom stereocenters. The summed E-state index contributed by atoms with van der Waals surface area (Å²) in [7, 11) is 1.68. The van der Waals surface area contributed by atoms with E-state index in [0.717, 1.165) is 12.2 Å². The van der Waals surface area contributed by atoms with Crippen LogP contribution in [0.4, 0.5) is 0 Å². The lowest BCUT2D eigenvalue weighted by molar-refractivity contribution is 0.318. The summed E-state index contributed by atoms with van der Waals surface area (Å²) in [6.45, 7) is 6.50. The summed E-state index contributed by atoms with van der Waals surface area (Å²) in [5.74, 6) is 0.892. The molecule has 2 N–H and O–H groups in total. The van der Waals surface area contributed by atoms with Gasteiger partial charge in [0.2, 0.25) is 0 Å². The molecule has 0 saturated carbocycles. The number of hydrogen-bond acceptors (Lipinski definition) is 2. The zero-order valence-corrected chi connectivity index (χ0v) is 10.1. The first-order valence-corrected chi connectivity index (χ1v) is 5.32. The molecule has 84 valence electrons. The monoisotopic (exact) mass is 207 g/mol. The Hall–Kier alpha value is -1.02. The van der Waals surface area contributed by atoms with E-state index in [1.54, 1.807) is 7.11 Å². The third kappa shape index (κ3) is 3.56. The average molecular weight is 207 g/mol. The highest BCUT2D eigenvalue weighted by Gasteiger charge is 2.20. The van der Waals surface area contributed by atoms with Crippen molar-refractivity contribution in [1.29, 1.82) is 0 Å². The molecule has 15 heavy (non-hydrogen) atoms. The molecule has 0 aromatic heterocycles. The Labute approximate surface area is 92.4 Å². The first-order valence-electron chi connectivity index (χ1n) is 5.32. The molecular weight excluding hydrogens is 186 g/mol. The Balaban J connectivity index is 2.65. The van der Waals surface area contributed by atoms with E-state index in [0.29, 0.717) is 0 Å². The number of hydrogen-bond donors (Lipinski definition) is 1. The van der Waals surface area contributed by atoms with Crippen LogP contribution in [0.15, 0.2) is 24.3 Å². The van der Waals surface area contributed by atoms with E-state index in [1.165, 1.54) is 5.56 Å². The van der Waals surface area contributed by atoms with Crippen LogP contribution in [-0.2, 0) is 6.42 Å². The summed E-state index contributed by atoms with van der Waals surface area (Å²) in [5, 5.41) is 0. The van der Waals surface area contributed by atoms with Crippen LogP contribution in [0.25, 0.3) is 0 Å². The van der Waals surface area contributed by atoms with Crippen LogP contribution < -0.4 is 10.5 Å². The maximum atomic E-state index is 6.12. The van der Waals surface area contributed by atoms with Crippen molar-refractivity contribution in [1.82, 2.24) is 0 Å². The second-order valence-electron chi connectivity index (χ2n) is 5.02. The van der Waals surface area contributed by atoms with E-state index in [9.17, 15) is 0 Å². The predicted molar refractivity (Wildman–Crippen MR) is 64.1 cm³/mol. The Kier molecular flexibility index (Phi) is 3.75. The van der Waals surface area contributed by atoms with Gasteiger partial charge in [0.05, 0.1) is 7.11 Å². The maximum Gasteiger partial charge on any atom is 0.118 e. The first kappa shape index (κ1) is 12.1. The van der Waals surface area contributed by atoms with Gasteiger partial charge in [0.25, 0.3) is 0 Å². The largest absolute Gasteiger partial charge is 0.497 e. The van der Waals surface area contributed by atoms with Gasteiger partial charge in [0.15, 0.2) is 0 Å². The molecule has 1 rings (SSSR count). The topological polar surface area (TPSA) is 35.2 Å². The van der Waals surface area contributed by atoms with Crippen LogP contribution >= 0.6 is 0 Å². The lowest BCUT2D eigenvalue weighted by Gasteiger charge is -2.27. The van der Waals surface area contributed by atoms with Gasteiger partial charge in [-0.25, -0.2) is 0 Å². The van der Waals surface area contributed by atoms with Gasteiger partial charge in [-0.1, -0.05) is 32.9 Å². The quantitative estimate of drug-likeness (QED) is 0.827. The highest BCUT2D eigenvalue weighted by Crippen LogP contribution is 2.21. The molecule has 0 fully saturated rings. The molecule has 2 heteroatoms. The number of nitrogens with two attached hydrogens (primary N) is 1. The summed E-state index contributed by atoms with van der Waals surface area (Å²) in [6, 6.07) is 8.29. The number of benzene rings is 1. The van der Waals surface area contributed by atoms with Crippen LogP contribution in [0.2, 0.25) is 0 Å². The van der Waals surface area contributed by atoms with Crippen molar-refractivity contribution in [2.75, 3.05) is 7.11 Å². The van der Waals surface area contributed by atoms with Gasteiger partial charge < -0.3 is 10.5 Å². The summed E-state index contributed by atoms with van der Waals surface area (Å²) in [4.78, 5) is 0. The highest BCUT2D eigenvalue weighted by atomic mass is 16.5. The van der Waals surface area contributed by atoms with Crippen LogP contribution in [-0.4, -0.2) is 13.2 Å². The van der Waals surface area contributed by atoms with E-state index >= 15 is 0 Å². The third-order valence-electron chi connectivity index (χ3n) is 2.73. The van der Waals surface area contributed by atoms with Crippen LogP contribution in [0, 0.1) is 5.41 Å². The lowest BCUT2D eigenvalue weighted by Crippen LogP contribution is -2.36. The molecule has 1 unspecified atom stereocenters. The van der Waals surface area contributed by atoms with Gasteiger partial charge >= 0.3 is 0 Å². The SMILES string of the molecule is COc1ccc(CC(N)C(C)(C)C)cc1. The number of ether oxygens (including phenoxy) is 1. The Morgan fingerprint density at radius 1 is 1.20 bits per heavy atom. The van der Waals surface area contributed by atoms with Crippen molar-refractivity contribution < 1.29 is 4.74 Å². The first-order chi connectivity index (χ1) is 6.93. The molecule has 0 aliphatic rings. The van der Waals surface area contributed by atoms with Crippen molar-refractivity contribution in [3.8, 4) is 5.75 Å². The molecule has 2 nitrogen and oxygen atoms in total. The molecule has 0 heterocycles. The molecule has 0 radical (unpaired) electrons. The number of methoxy groups -OCH3 is 1. The normalized spacial score (nSPS) is 13.7. The zero-order chi connectivity index (χ0) is 11.5. The molecule has 0 saturated heterocycles. The smallest absolute Gasteiger partial charge is 0.118 e. The minimum absolute atomic E-state index is 0.153. The van der Waals surface area contributed by atoms with Crippen LogP contribution in [0.5, 0.6) is 5.75 Å². The molecular formula is C13H21NO. The molecule has 0 aliphatic carbocycles. The lowest BCUT2D eigenvalue weighted by atomic mass is 9.84. The molecule has 1 aromatic carbocycles. The Morgan fingerprint density at radius 2 is 1.73 bits per heavy atom. The second-order valence-corrected chi connectivity index (χ2v) is 5.02. The van der Waals surface area contributed by atoms with E-state index in [4.69, 9.17) is 10.5 Å². The summed E-state index contributed by atoms with van der Waals surface area (Å²) in [5.41, 5.74) is 7.54. The van der Waals surface area contributed by atoms with Crippen molar-refractivity contribution in [2.45, 2.75) is 33.2 Å². The van der Waals surface area contributed by atoms with Crippen molar-refractivity contribution in [2.24, 2.45) is 11.1 Å². The molecule has 1 aromatic rings. The molecule has 0 spiro atoms. The van der Waals surface area contributed by atoms with Crippen molar-refractivity contribution >= 4 is 0 Å². The molecule has 0 bridgehead atoms. The predicted octanol–water partition coefficient (Wildman–Crippen LogP) is 2.61. The summed E-state index contributed by atoms with van der Waals surface area (Å²) in [6.07, 6.45) is 0.910. The zero-order valence-electron chi connectivity index (χ0n) is 10.1. The van der Waals surface area contributed by atoms with Gasteiger partial charge in [-0.05, 0) is 29.5 Å². The fourth-order valence-corrected chi connectivity index (χ4v) is 1.32. The van der Waals surface area contributed by atoms with Gasteiger partial charge in [0.1, 0.15) is 5.75 Å². The number of rotatable bonds is 3. The maximum absolute atomic E-state index is 6.12. The minimum Gasteiger partial charge on any atom is -0.497 e. The van der Waals surface area contributed by atoms with Crippen LogP contribution in [0.1, 0.15) is 26.3 Å². The van der Waals surface area contributed by atoms with Crippen molar-refractivity contribution in [3.63, 3.8) is 0 Å². The van der Waals surface area contributed by atoms with Crippen molar-refractivity contribution in [3.05, 3.63) is 29.8 Å². The van der Waals surface area contributed by atoms with E-state index in [-0.39, 0.29) is 11.5 Å². The fraction of sp³-hybridized carbons (Fsp3) is 0.538. The standard InChI is InChI=1S/C13H21NO/c1-13(2,3)12(14)9-10-5-7-11(15-4)8-6-10/h5-8,12H,9,14H2,1-4H3. The van der Waals surface area contributed by atoms with Gasteiger partial charge in [-0.15, -0.1) is 0 Å². The second kappa shape index (κ2) is 4.67. The fourth-order valence-electron chi connectivity index (χ4n) is 1.32. The minimum atomic E-state index is 0.153. The van der Waals surface area contributed by atoms with E-state index in [1.807, 2.05) is 12.1 Å². The Bertz CT molecular complexity index is 297. The average Bonchev–Trinajstić information content (AvgIpc) is 2.17.